The SMILES string of the molecule is CCc1ccc(C[C@@H](c2ccc(Cl)c(C)c2)C(F)(F)F)cc1CN1CC(C(=O)O)C1. The van der Waals surface area contributed by atoms with Gasteiger partial charge in [-0.15, -0.1) is 0 Å². The van der Waals surface area contributed by atoms with E-state index in [1.165, 1.54) is 18.2 Å². The van der Waals surface area contributed by atoms with Crippen LogP contribution in [0.4, 0.5) is 13.2 Å². The standard InChI is InChI=1S/C23H25ClF3NO2/c1-3-16-5-4-15(9-18(16)11-28-12-19(13-28)22(29)30)10-20(23(25,26)27)17-6-7-21(24)14(2)8-17/h4-9,19-20H,3,10-13H2,1-2H3,(H,29,30)/t20-/m0/s1. The van der Waals surface area contributed by atoms with Gasteiger partial charge in [0.25, 0.3) is 0 Å². The minimum absolute atomic E-state index is 0.153. The van der Waals surface area contributed by atoms with Gasteiger partial charge in [0, 0.05) is 24.7 Å². The number of carbonyl (C=O) groups is 1. The van der Waals surface area contributed by atoms with Crippen LogP contribution in [-0.2, 0) is 24.2 Å². The van der Waals surface area contributed by atoms with Crippen LogP contribution in [0.2, 0.25) is 5.02 Å². The van der Waals surface area contributed by atoms with Crippen LogP contribution in [0.1, 0.15) is 40.7 Å². The number of rotatable bonds is 7. The van der Waals surface area contributed by atoms with Crippen LogP contribution in [0.15, 0.2) is 36.4 Å². The van der Waals surface area contributed by atoms with Gasteiger partial charge in [-0.3, -0.25) is 9.69 Å². The van der Waals surface area contributed by atoms with Crippen LogP contribution in [0.5, 0.6) is 0 Å². The largest absolute Gasteiger partial charge is 0.481 e. The molecule has 3 rings (SSSR count). The monoisotopic (exact) mass is 439 g/mol. The molecule has 2 aromatic carbocycles. The predicted octanol–water partition coefficient (Wildman–Crippen LogP) is 5.62. The highest BCUT2D eigenvalue weighted by atomic mass is 35.5. The summed E-state index contributed by atoms with van der Waals surface area (Å²) < 4.78 is 41.6. The lowest BCUT2D eigenvalue weighted by Gasteiger charge is -2.37. The number of hydrogen-bond donors (Lipinski definition) is 1. The number of halogens is 4. The molecule has 0 aromatic heterocycles. The second-order valence-corrected chi connectivity index (χ2v) is 8.40. The number of hydrogen-bond acceptors (Lipinski definition) is 2. The summed E-state index contributed by atoms with van der Waals surface area (Å²) in [5, 5.41) is 9.49. The van der Waals surface area contributed by atoms with Crippen LogP contribution < -0.4 is 0 Å². The van der Waals surface area contributed by atoms with E-state index in [9.17, 15) is 18.0 Å². The summed E-state index contributed by atoms with van der Waals surface area (Å²) in [6.45, 7) is 5.20. The fourth-order valence-corrected chi connectivity index (χ4v) is 4.05. The molecule has 1 fully saturated rings. The number of nitrogens with zero attached hydrogens (tertiary/aromatic N) is 1. The second kappa shape index (κ2) is 8.98. The third-order valence-electron chi connectivity index (χ3n) is 5.77. The molecule has 0 radical (unpaired) electrons. The molecular weight excluding hydrogens is 415 g/mol. The van der Waals surface area contributed by atoms with E-state index in [0.29, 0.717) is 35.8 Å². The smallest absolute Gasteiger partial charge is 0.396 e. The van der Waals surface area contributed by atoms with E-state index in [0.717, 1.165) is 17.5 Å². The van der Waals surface area contributed by atoms with Gasteiger partial charge in [0.15, 0.2) is 0 Å². The first kappa shape index (κ1) is 22.6. The van der Waals surface area contributed by atoms with Crippen LogP contribution in [-0.4, -0.2) is 35.2 Å². The third kappa shape index (κ3) is 5.16. The number of aryl methyl sites for hydroxylation is 2. The molecule has 0 bridgehead atoms. The maximum atomic E-state index is 13.9. The first-order valence-corrected chi connectivity index (χ1v) is 10.3. The van der Waals surface area contributed by atoms with Gasteiger partial charge in [-0.2, -0.15) is 13.2 Å². The van der Waals surface area contributed by atoms with Crippen molar-refractivity contribution in [1.82, 2.24) is 4.90 Å². The molecule has 3 nitrogen and oxygen atoms in total. The number of likely N-dealkylation sites (tertiary alicyclic amines) is 1. The number of carboxylic acid groups (broad SMARTS) is 1. The normalized spacial score (nSPS) is 16.3. The van der Waals surface area contributed by atoms with E-state index in [1.807, 2.05) is 24.0 Å². The highest BCUT2D eigenvalue weighted by Crippen LogP contribution is 2.39. The fraction of sp³-hybridized carbons (Fsp3) is 0.435. The maximum absolute atomic E-state index is 13.9. The zero-order valence-corrected chi connectivity index (χ0v) is 17.7. The molecular formula is C23H25ClF3NO2. The minimum atomic E-state index is -4.38. The Morgan fingerprint density at radius 1 is 1.20 bits per heavy atom. The molecule has 0 unspecified atom stereocenters. The summed E-state index contributed by atoms with van der Waals surface area (Å²) in [5.74, 6) is -2.78. The molecule has 1 saturated heterocycles. The molecule has 0 amide bonds. The first-order chi connectivity index (χ1) is 14.1. The number of alkyl halides is 3. The molecule has 0 spiro atoms. The van der Waals surface area contributed by atoms with Gasteiger partial charge in [0.05, 0.1) is 11.8 Å². The van der Waals surface area contributed by atoms with E-state index in [4.69, 9.17) is 16.7 Å². The molecule has 2 aromatic rings. The Balaban J connectivity index is 1.83. The van der Waals surface area contributed by atoms with Crippen molar-refractivity contribution in [2.24, 2.45) is 5.92 Å². The Kier molecular flexibility index (Phi) is 6.78. The van der Waals surface area contributed by atoms with Crippen molar-refractivity contribution in [2.45, 2.75) is 45.3 Å². The van der Waals surface area contributed by atoms with Gasteiger partial charge in [0.2, 0.25) is 0 Å². The lowest BCUT2D eigenvalue weighted by atomic mass is 9.88. The minimum Gasteiger partial charge on any atom is -0.481 e. The molecule has 1 atom stereocenters. The summed E-state index contributed by atoms with van der Waals surface area (Å²) in [7, 11) is 0. The van der Waals surface area contributed by atoms with Crippen molar-refractivity contribution in [1.29, 1.82) is 0 Å². The van der Waals surface area contributed by atoms with E-state index >= 15 is 0 Å². The molecule has 0 saturated carbocycles. The third-order valence-corrected chi connectivity index (χ3v) is 6.20. The van der Waals surface area contributed by atoms with Crippen LogP contribution >= 0.6 is 11.6 Å². The van der Waals surface area contributed by atoms with Crippen LogP contribution in [0, 0.1) is 12.8 Å². The van der Waals surface area contributed by atoms with E-state index in [-0.39, 0.29) is 17.9 Å². The lowest BCUT2D eigenvalue weighted by Crippen LogP contribution is -2.49. The summed E-state index contributed by atoms with van der Waals surface area (Å²) in [6, 6.07) is 9.96. The Morgan fingerprint density at radius 2 is 1.90 bits per heavy atom. The van der Waals surface area contributed by atoms with Gasteiger partial charge < -0.3 is 5.11 Å². The van der Waals surface area contributed by atoms with Crippen molar-refractivity contribution in [3.05, 3.63) is 69.2 Å². The Bertz CT molecular complexity index is 923. The molecule has 30 heavy (non-hydrogen) atoms. The summed E-state index contributed by atoms with van der Waals surface area (Å²) in [6.07, 6.45) is -3.76. The molecule has 1 aliphatic rings. The predicted molar refractivity (Wildman–Crippen MR) is 111 cm³/mol. The van der Waals surface area contributed by atoms with Gasteiger partial charge in [0.1, 0.15) is 0 Å². The van der Waals surface area contributed by atoms with E-state index in [2.05, 4.69) is 0 Å². The Morgan fingerprint density at radius 3 is 2.47 bits per heavy atom. The second-order valence-electron chi connectivity index (χ2n) is 7.99. The van der Waals surface area contributed by atoms with Crippen molar-refractivity contribution in [3.63, 3.8) is 0 Å². The molecule has 1 N–H and O–H groups in total. The topological polar surface area (TPSA) is 40.5 Å². The molecule has 162 valence electrons. The number of aliphatic carboxylic acids is 1. The molecule has 1 aliphatic heterocycles. The van der Waals surface area contributed by atoms with Crippen molar-refractivity contribution >= 4 is 17.6 Å². The average Bonchev–Trinajstić information content (AvgIpc) is 2.63. The van der Waals surface area contributed by atoms with Crippen LogP contribution in [0.3, 0.4) is 0 Å². The summed E-state index contributed by atoms with van der Waals surface area (Å²) >= 11 is 5.99. The van der Waals surface area contributed by atoms with Crippen molar-refractivity contribution in [2.75, 3.05) is 13.1 Å². The number of benzene rings is 2. The summed E-state index contributed by atoms with van der Waals surface area (Å²) in [5.41, 5.74) is 3.48. The van der Waals surface area contributed by atoms with Gasteiger partial charge in [-0.1, -0.05) is 48.9 Å². The van der Waals surface area contributed by atoms with E-state index in [1.54, 1.807) is 13.0 Å². The Hall–Kier alpha value is -2.05. The van der Waals surface area contributed by atoms with Gasteiger partial charge in [-0.05, 0) is 53.6 Å². The first-order valence-electron chi connectivity index (χ1n) is 9.97. The van der Waals surface area contributed by atoms with Crippen LogP contribution in [0.25, 0.3) is 0 Å². The highest BCUT2D eigenvalue weighted by molar-refractivity contribution is 6.31. The maximum Gasteiger partial charge on any atom is 0.396 e. The Labute approximate surface area is 179 Å². The zero-order valence-electron chi connectivity index (χ0n) is 17.0. The van der Waals surface area contributed by atoms with Crippen molar-refractivity contribution < 1.29 is 23.1 Å². The van der Waals surface area contributed by atoms with Gasteiger partial charge in [-0.25, -0.2) is 0 Å². The van der Waals surface area contributed by atoms with Gasteiger partial charge >= 0.3 is 12.1 Å². The van der Waals surface area contributed by atoms with Crippen molar-refractivity contribution in [3.8, 4) is 0 Å². The molecule has 0 aliphatic carbocycles. The summed E-state index contributed by atoms with van der Waals surface area (Å²) in [4.78, 5) is 13.0. The zero-order chi connectivity index (χ0) is 22.1. The molecule has 7 heteroatoms. The number of carboxylic acids is 1. The van der Waals surface area contributed by atoms with E-state index < -0.39 is 18.1 Å². The average molecular weight is 440 g/mol. The quantitative estimate of drug-likeness (QED) is 0.609. The molecule has 1 heterocycles. The highest BCUT2D eigenvalue weighted by Gasteiger charge is 2.41. The fourth-order valence-electron chi connectivity index (χ4n) is 3.94. The lowest BCUT2D eigenvalue weighted by molar-refractivity contribution is -0.150.